The molecule has 3 aromatic carbocycles. The first-order chi connectivity index (χ1) is 18.0. The zero-order valence-electron chi connectivity index (χ0n) is 20.6. The predicted octanol–water partition coefficient (Wildman–Crippen LogP) is 5.44. The molecule has 0 bridgehead atoms. The summed E-state index contributed by atoms with van der Waals surface area (Å²) in [5.41, 5.74) is 4.47. The average Bonchev–Trinajstić information content (AvgIpc) is 3.39. The molecule has 2 aliphatic rings. The van der Waals surface area contributed by atoms with Crippen LogP contribution in [0.2, 0.25) is 0 Å². The van der Waals surface area contributed by atoms with E-state index in [0.717, 1.165) is 46.3 Å². The minimum atomic E-state index is -0.837. The number of methoxy groups -OCH3 is 1. The van der Waals surface area contributed by atoms with Gasteiger partial charge in [0.25, 0.3) is 11.7 Å². The Morgan fingerprint density at radius 3 is 2.76 bits per heavy atom. The van der Waals surface area contributed by atoms with Gasteiger partial charge >= 0.3 is 0 Å². The summed E-state index contributed by atoms with van der Waals surface area (Å²) >= 11 is 0. The molecule has 1 amide bonds. The highest BCUT2D eigenvalue weighted by molar-refractivity contribution is 6.52. The van der Waals surface area contributed by atoms with Crippen molar-refractivity contribution in [3.05, 3.63) is 94.7 Å². The van der Waals surface area contributed by atoms with E-state index in [0.29, 0.717) is 23.6 Å². The fourth-order valence-electron chi connectivity index (χ4n) is 5.45. The number of carbonyl (C=O) groups excluding carboxylic acids is 2. The lowest BCUT2D eigenvalue weighted by Gasteiger charge is -2.26. The number of hydrogen-bond acceptors (Lipinski definition) is 5. The fraction of sp³-hybridized carbons (Fsp3) is 0.200. The van der Waals surface area contributed by atoms with Gasteiger partial charge in [-0.2, -0.15) is 0 Å². The number of amides is 1. The summed E-state index contributed by atoms with van der Waals surface area (Å²) in [4.78, 5) is 32.1. The molecule has 3 heterocycles. The number of aliphatic hydroxyl groups excluding tert-OH is 1. The summed E-state index contributed by atoms with van der Waals surface area (Å²) in [6.45, 7) is 2.57. The molecule has 2 N–H and O–H groups in total. The molecule has 4 aromatic rings. The van der Waals surface area contributed by atoms with Crippen LogP contribution in [0.1, 0.15) is 34.8 Å². The zero-order chi connectivity index (χ0) is 25.7. The van der Waals surface area contributed by atoms with E-state index in [1.54, 1.807) is 37.4 Å². The lowest BCUT2D eigenvalue weighted by molar-refractivity contribution is -0.132. The highest BCUT2D eigenvalue weighted by Crippen LogP contribution is 2.46. The average molecular weight is 495 g/mol. The van der Waals surface area contributed by atoms with Gasteiger partial charge in [0.1, 0.15) is 17.3 Å². The Balaban J connectivity index is 1.61. The number of fused-ring (bicyclic) bond motifs is 2. The quantitative estimate of drug-likeness (QED) is 0.224. The molecule has 186 valence electrons. The molecule has 1 fully saturated rings. The summed E-state index contributed by atoms with van der Waals surface area (Å²) in [6, 6.07) is 19.3. The van der Waals surface area contributed by atoms with Crippen molar-refractivity contribution in [1.82, 2.24) is 4.98 Å². The van der Waals surface area contributed by atoms with Crippen LogP contribution in [0.25, 0.3) is 16.7 Å². The predicted molar refractivity (Wildman–Crippen MR) is 141 cm³/mol. The summed E-state index contributed by atoms with van der Waals surface area (Å²) < 4.78 is 11.1. The van der Waals surface area contributed by atoms with Gasteiger partial charge < -0.3 is 19.6 Å². The largest absolute Gasteiger partial charge is 0.507 e. The first-order valence-electron chi connectivity index (χ1n) is 12.3. The van der Waals surface area contributed by atoms with Gasteiger partial charge in [-0.25, -0.2) is 0 Å². The number of benzene rings is 3. The van der Waals surface area contributed by atoms with Crippen molar-refractivity contribution in [2.24, 2.45) is 0 Å². The Kier molecular flexibility index (Phi) is 5.48. The Labute approximate surface area is 213 Å². The number of H-pyrrole nitrogens is 1. The second-order valence-corrected chi connectivity index (χ2v) is 9.35. The van der Waals surface area contributed by atoms with Crippen LogP contribution in [0.15, 0.2) is 72.3 Å². The van der Waals surface area contributed by atoms with Gasteiger partial charge in [-0.1, -0.05) is 24.3 Å². The summed E-state index contributed by atoms with van der Waals surface area (Å²) in [7, 11) is 1.55. The van der Waals surface area contributed by atoms with E-state index < -0.39 is 17.7 Å². The number of carbonyl (C=O) groups is 2. The third-order valence-electron chi connectivity index (χ3n) is 7.17. The van der Waals surface area contributed by atoms with Crippen molar-refractivity contribution in [3.8, 4) is 11.5 Å². The molecular weight excluding hydrogens is 468 g/mol. The number of aliphatic hydroxyl groups is 1. The summed E-state index contributed by atoms with van der Waals surface area (Å²) in [5, 5.41) is 12.5. The van der Waals surface area contributed by atoms with E-state index in [1.807, 2.05) is 43.3 Å². The van der Waals surface area contributed by atoms with Crippen LogP contribution in [-0.4, -0.2) is 35.5 Å². The van der Waals surface area contributed by atoms with E-state index in [-0.39, 0.29) is 11.3 Å². The highest BCUT2D eigenvalue weighted by atomic mass is 16.5. The van der Waals surface area contributed by atoms with Gasteiger partial charge in [0, 0.05) is 39.5 Å². The second-order valence-electron chi connectivity index (χ2n) is 9.35. The minimum absolute atomic E-state index is 0.0531. The number of rotatable bonds is 4. The topological polar surface area (TPSA) is 91.9 Å². The number of hydrogen-bond donors (Lipinski definition) is 2. The van der Waals surface area contributed by atoms with Gasteiger partial charge in [0.2, 0.25) is 0 Å². The van der Waals surface area contributed by atoms with Crippen LogP contribution in [0.4, 0.5) is 5.69 Å². The summed E-state index contributed by atoms with van der Waals surface area (Å²) in [6.07, 6.45) is 1.70. The van der Waals surface area contributed by atoms with E-state index in [1.165, 1.54) is 4.90 Å². The zero-order valence-corrected chi connectivity index (χ0v) is 20.6. The van der Waals surface area contributed by atoms with Crippen molar-refractivity contribution in [3.63, 3.8) is 0 Å². The lowest BCUT2D eigenvalue weighted by Crippen LogP contribution is -2.29. The van der Waals surface area contributed by atoms with E-state index in [2.05, 4.69) is 4.98 Å². The normalized spacial score (nSPS) is 18.6. The Bertz CT molecular complexity index is 1600. The Hall–Kier alpha value is -4.52. The van der Waals surface area contributed by atoms with Gasteiger partial charge in [-0.15, -0.1) is 0 Å². The molecule has 0 radical (unpaired) electrons. The molecule has 0 spiro atoms. The van der Waals surface area contributed by atoms with Crippen LogP contribution in [-0.2, 0) is 16.0 Å². The van der Waals surface area contributed by atoms with Crippen LogP contribution < -0.4 is 14.4 Å². The van der Waals surface area contributed by atoms with Gasteiger partial charge in [-0.05, 0) is 61.7 Å². The van der Waals surface area contributed by atoms with E-state index in [9.17, 15) is 14.7 Å². The lowest BCUT2D eigenvalue weighted by atomic mass is 9.92. The number of ketones is 1. The van der Waals surface area contributed by atoms with Gasteiger partial charge in [0.15, 0.2) is 0 Å². The molecular formula is C30H26N2O5. The first-order valence-corrected chi connectivity index (χ1v) is 12.3. The Morgan fingerprint density at radius 1 is 1.08 bits per heavy atom. The number of nitrogens with one attached hydrogen (secondary N) is 1. The monoisotopic (exact) mass is 494 g/mol. The SMILES string of the molecule is COc1cccc(N2C(=O)C(=O)/C(=C(/O)c3ccc4c(c3)CCCO4)C2c2c(C)[nH]c3ccccc23)c1. The summed E-state index contributed by atoms with van der Waals surface area (Å²) in [5.74, 6) is -0.298. The smallest absolute Gasteiger partial charge is 0.300 e. The van der Waals surface area contributed by atoms with Crippen molar-refractivity contribution < 1.29 is 24.2 Å². The third-order valence-corrected chi connectivity index (χ3v) is 7.17. The maximum Gasteiger partial charge on any atom is 0.300 e. The van der Waals surface area contributed by atoms with Crippen LogP contribution >= 0.6 is 0 Å². The molecule has 0 aliphatic carbocycles. The van der Waals surface area contributed by atoms with Crippen molar-refractivity contribution in [2.75, 3.05) is 18.6 Å². The molecule has 37 heavy (non-hydrogen) atoms. The first kappa shape index (κ1) is 22.9. The van der Waals surface area contributed by atoms with Gasteiger partial charge in [-0.3, -0.25) is 14.5 Å². The standard InChI is InChI=1S/C30H26N2O5/c1-17-25(22-10-3-4-11-23(22)31-17)27-26(28(33)19-12-13-24-18(15-19)7-6-14-37-24)29(34)30(35)32(27)20-8-5-9-21(16-20)36-2/h3-5,8-13,15-16,27,31,33H,6-7,14H2,1-2H3/b28-26+. The molecule has 1 atom stereocenters. The number of ether oxygens (including phenoxy) is 2. The molecule has 7 nitrogen and oxygen atoms in total. The van der Waals surface area contributed by atoms with Gasteiger partial charge in [0.05, 0.1) is 25.3 Å². The third kappa shape index (κ3) is 3.66. The highest BCUT2D eigenvalue weighted by Gasteiger charge is 2.48. The van der Waals surface area contributed by atoms with Crippen LogP contribution in [0.3, 0.4) is 0 Å². The second kappa shape index (κ2) is 8.85. The molecule has 6 rings (SSSR count). The van der Waals surface area contributed by atoms with Crippen molar-refractivity contribution >= 4 is 34.0 Å². The molecule has 2 aliphatic heterocycles. The molecule has 7 heteroatoms. The molecule has 1 saturated heterocycles. The Morgan fingerprint density at radius 2 is 1.92 bits per heavy atom. The van der Waals surface area contributed by atoms with Crippen molar-refractivity contribution in [2.45, 2.75) is 25.8 Å². The number of nitrogens with zero attached hydrogens (tertiary/aromatic N) is 1. The number of anilines is 1. The molecule has 0 saturated carbocycles. The van der Waals surface area contributed by atoms with Crippen LogP contribution in [0, 0.1) is 6.92 Å². The number of Topliss-reactive ketones (excluding diaryl/α,β-unsaturated/α-hetero) is 1. The van der Waals surface area contributed by atoms with E-state index >= 15 is 0 Å². The molecule has 1 aromatic heterocycles. The number of aromatic nitrogens is 1. The maximum absolute atomic E-state index is 13.6. The maximum atomic E-state index is 13.6. The van der Waals surface area contributed by atoms with E-state index in [4.69, 9.17) is 9.47 Å². The number of para-hydroxylation sites is 1. The van der Waals surface area contributed by atoms with Crippen molar-refractivity contribution in [1.29, 1.82) is 0 Å². The van der Waals surface area contributed by atoms with Crippen LogP contribution in [0.5, 0.6) is 11.5 Å². The fourth-order valence-corrected chi connectivity index (χ4v) is 5.45. The number of aromatic amines is 1. The molecule has 1 unspecified atom stereocenters. The minimum Gasteiger partial charge on any atom is -0.507 e. The number of aryl methyl sites for hydroxylation is 2.